The van der Waals surface area contributed by atoms with Crippen molar-refractivity contribution in [2.75, 3.05) is 0 Å². The Morgan fingerprint density at radius 3 is 2.52 bits per heavy atom. The molecule has 2 aliphatic carbocycles. The van der Waals surface area contributed by atoms with Gasteiger partial charge >= 0.3 is 0 Å². The van der Waals surface area contributed by atoms with Gasteiger partial charge in [-0.3, -0.25) is 0 Å². The summed E-state index contributed by atoms with van der Waals surface area (Å²) >= 11 is 6.58. The van der Waals surface area contributed by atoms with Crippen molar-refractivity contribution in [3.63, 3.8) is 0 Å². The maximum atomic E-state index is 6.58. The molecule has 0 amide bonds. The fourth-order valence-corrected chi connectivity index (χ4v) is 4.68. The van der Waals surface area contributed by atoms with Crippen molar-refractivity contribution < 1.29 is 4.74 Å². The molecule has 2 aromatic rings. The fraction of sp³-hybridized carbons (Fsp3) is 0.474. The second-order valence-electron chi connectivity index (χ2n) is 6.58. The van der Waals surface area contributed by atoms with Gasteiger partial charge in [0.1, 0.15) is 11.9 Å². The van der Waals surface area contributed by atoms with E-state index in [1.54, 1.807) is 0 Å². The average molecular weight is 301 g/mol. The topological polar surface area (TPSA) is 9.23 Å². The van der Waals surface area contributed by atoms with Crippen LogP contribution >= 0.6 is 11.6 Å². The number of benzene rings is 2. The summed E-state index contributed by atoms with van der Waals surface area (Å²) in [6.07, 6.45) is 7.72. The molecule has 1 nitrogen and oxygen atoms in total. The van der Waals surface area contributed by atoms with Gasteiger partial charge in [0.15, 0.2) is 0 Å². The molecule has 2 aliphatic rings. The van der Waals surface area contributed by atoms with E-state index in [1.807, 2.05) is 0 Å². The highest BCUT2D eigenvalue weighted by molar-refractivity contribution is 6.21. The first-order chi connectivity index (χ1) is 10.3. The molecule has 2 unspecified atom stereocenters. The Bertz CT molecular complexity index is 640. The number of ether oxygens (including phenoxy) is 1. The minimum Gasteiger partial charge on any atom is -0.489 e. The molecular weight excluding hydrogens is 280 g/mol. The first-order valence-corrected chi connectivity index (χ1v) is 8.52. The molecule has 0 saturated heterocycles. The van der Waals surface area contributed by atoms with Gasteiger partial charge in [0.2, 0.25) is 0 Å². The lowest BCUT2D eigenvalue weighted by molar-refractivity contribution is -0.0643. The highest BCUT2D eigenvalue weighted by atomic mass is 35.5. The second-order valence-corrected chi connectivity index (χ2v) is 7.11. The summed E-state index contributed by atoms with van der Waals surface area (Å²) in [6, 6.07) is 14.8. The van der Waals surface area contributed by atoms with Crippen LogP contribution in [0, 0.1) is 5.41 Å². The molecule has 0 radical (unpaired) electrons. The fourth-order valence-electron chi connectivity index (χ4n) is 4.16. The Kier molecular flexibility index (Phi) is 3.34. The number of hydrogen-bond acceptors (Lipinski definition) is 1. The van der Waals surface area contributed by atoms with Crippen LogP contribution in [-0.2, 0) is 0 Å². The SMILES string of the molecule is ClC1CC(Oc2cccc3ccccc23)C12CCCCC2. The van der Waals surface area contributed by atoms with E-state index in [1.165, 1.54) is 42.9 Å². The average Bonchev–Trinajstić information content (AvgIpc) is 2.55. The minimum atomic E-state index is 0.233. The molecule has 2 saturated carbocycles. The van der Waals surface area contributed by atoms with Gasteiger partial charge in [0.25, 0.3) is 0 Å². The maximum absolute atomic E-state index is 6.58. The quantitative estimate of drug-likeness (QED) is 0.661. The largest absolute Gasteiger partial charge is 0.489 e. The van der Waals surface area contributed by atoms with Gasteiger partial charge in [-0.15, -0.1) is 11.6 Å². The lowest BCUT2D eigenvalue weighted by atomic mass is 9.58. The van der Waals surface area contributed by atoms with Crippen molar-refractivity contribution >= 4 is 22.4 Å². The molecule has 1 spiro atoms. The van der Waals surface area contributed by atoms with Gasteiger partial charge in [-0.25, -0.2) is 0 Å². The number of halogens is 1. The normalized spacial score (nSPS) is 27.5. The van der Waals surface area contributed by atoms with Crippen LogP contribution in [0.15, 0.2) is 42.5 Å². The summed E-state index contributed by atoms with van der Waals surface area (Å²) in [7, 11) is 0. The monoisotopic (exact) mass is 300 g/mol. The maximum Gasteiger partial charge on any atom is 0.127 e. The Balaban J connectivity index is 1.63. The van der Waals surface area contributed by atoms with Crippen molar-refractivity contribution in [1.82, 2.24) is 0 Å². The van der Waals surface area contributed by atoms with Crippen LogP contribution in [-0.4, -0.2) is 11.5 Å². The van der Waals surface area contributed by atoms with Crippen LogP contribution < -0.4 is 4.74 Å². The highest BCUT2D eigenvalue weighted by Crippen LogP contribution is 2.56. The molecule has 2 fully saturated rings. The molecule has 2 heteroatoms. The highest BCUT2D eigenvalue weighted by Gasteiger charge is 2.55. The summed E-state index contributed by atoms with van der Waals surface area (Å²) in [5.41, 5.74) is 0.233. The number of alkyl halides is 1. The summed E-state index contributed by atoms with van der Waals surface area (Å²) in [5, 5.41) is 2.76. The molecule has 0 aromatic heterocycles. The Labute approximate surface area is 131 Å². The third-order valence-electron chi connectivity index (χ3n) is 5.49. The molecule has 110 valence electrons. The summed E-state index contributed by atoms with van der Waals surface area (Å²) in [6.45, 7) is 0. The molecule has 0 N–H and O–H groups in total. The zero-order valence-corrected chi connectivity index (χ0v) is 13.0. The van der Waals surface area contributed by atoms with E-state index in [2.05, 4.69) is 42.5 Å². The van der Waals surface area contributed by atoms with E-state index in [9.17, 15) is 0 Å². The van der Waals surface area contributed by atoms with Crippen LogP contribution in [0.2, 0.25) is 0 Å². The molecule has 0 bridgehead atoms. The predicted octanol–water partition coefficient (Wildman–Crippen LogP) is 5.55. The minimum absolute atomic E-state index is 0.233. The molecule has 0 heterocycles. The van der Waals surface area contributed by atoms with Gasteiger partial charge in [0, 0.05) is 22.6 Å². The van der Waals surface area contributed by atoms with Gasteiger partial charge in [-0.05, 0) is 24.3 Å². The molecule has 0 aliphatic heterocycles. The van der Waals surface area contributed by atoms with Crippen LogP contribution in [0.1, 0.15) is 38.5 Å². The van der Waals surface area contributed by atoms with E-state index >= 15 is 0 Å². The van der Waals surface area contributed by atoms with Crippen molar-refractivity contribution in [3.8, 4) is 5.75 Å². The van der Waals surface area contributed by atoms with E-state index < -0.39 is 0 Å². The van der Waals surface area contributed by atoms with E-state index in [4.69, 9.17) is 16.3 Å². The number of fused-ring (bicyclic) bond motifs is 1. The van der Waals surface area contributed by atoms with E-state index in [0.29, 0.717) is 11.5 Å². The van der Waals surface area contributed by atoms with Crippen molar-refractivity contribution in [2.24, 2.45) is 5.41 Å². The zero-order chi connectivity index (χ0) is 14.3. The predicted molar refractivity (Wildman–Crippen MR) is 88.1 cm³/mol. The lowest BCUT2D eigenvalue weighted by Crippen LogP contribution is -2.58. The lowest BCUT2D eigenvalue weighted by Gasteiger charge is -2.55. The molecule has 21 heavy (non-hydrogen) atoms. The molecule has 4 rings (SSSR count). The third-order valence-corrected chi connectivity index (χ3v) is 6.10. The second kappa shape index (κ2) is 5.21. The Hall–Kier alpha value is -1.21. The van der Waals surface area contributed by atoms with Crippen molar-refractivity contribution in [3.05, 3.63) is 42.5 Å². The zero-order valence-electron chi connectivity index (χ0n) is 12.2. The first kappa shape index (κ1) is 13.5. The van der Waals surface area contributed by atoms with E-state index in [-0.39, 0.29) is 5.41 Å². The van der Waals surface area contributed by atoms with Crippen molar-refractivity contribution in [2.45, 2.75) is 50.0 Å². The Morgan fingerprint density at radius 2 is 1.71 bits per heavy atom. The molecule has 2 aromatic carbocycles. The molecular formula is C19H21ClO. The first-order valence-electron chi connectivity index (χ1n) is 8.08. The summed E-state index contributed by atoms with van der Waals surface area (Å²) in [5.74, 6) is 1.02. The summed E-state index contributed by atoms with van der Waals surface area (Å²) < 4.78 is 6.44. The van der Waals surface area contributed by atoms with Gasteiger partial charge in [-0.1, -0.05) is 55.7 Å². The smallest absolute Gasteiger partial charge is 0.127 e. The Morgan fingerprint density at radius 1 is 0.952 bits per heavy atom. The van der Waals surface area contributed by atoms with Gasteiger partial charge in [0.05, 0.1) is 0 Å². The van der Waals surface area contributed by atoms with Gasteiger partial charge < -0.3 is 4.74 Å². The molecule has 2 atom stereocenters. The van der Waals surface area contributed by atoms with Crippen LogP contribution in [0.3, 0.4) is 0 Å². The number of hydrogen-bond donors (Lipinski definition) is 0. The van der Waals surface area contributed by atoms with Crippen LogP contribution in [0.4, 0.5) is 0 Å². The standard InChI is InChI=1S/C19H21ClO/c20-17-13-18(19(17)11-4-1-5-12-19)21-16-10-6-8-14-7-2-3-9-15(14)16/h2-3,6-10,17-18H,1,4-5,11-13H2. The van der Waals surface area contributed by atoms with E-state index in [0.717, 1.165) is 12.2 Å². The van der Waals surface area contributed by atoms with Crippen molar-refractivity contribution in [1.29, 1.82) is 0 Å². The van der Waals surface area contributed by atoms with Crippen LogP contribution in [0.25, 0.3) is 10.8 Å². The third kappa shape index (κ3) is 2.14. The van der Waals surface area contributed by atoms with Gasteiger partial charge in [-0.2, -0.15) is 0 Å². The summed E-state index contributed by atoms with van der Waals surface area (Å²) in [4.78, 5) is 0. The van der Waals surface area contributed by atoms with Crippen LogP contribution in [0.5, 0.6) is 5.75 Å². The number of rotatable bonds is 2.